The highest BCUT2D eigenvalue weighted by atomic mass is 16.7. The second kappa shape index (κ2) is 3.82. The fraction of sp³-hybridized carbons (Fsp3) is 0.625. The van der Waals surface area contributed by atoms with Crippen LogP contribution in [0.3, 0.4) is 0 Å². The molecule has 1 aromatic rings. The van der Waals surface area contributed by atoms with Gasteiger partial charge in [0.2, 0.25) is 0 Å². The van der Waals surface area contributed by atoms with E-state index in [0.717, 1.165) is 0 Å². The fourth-order valence-electron chi connectivity index (χ4n) is 2.66. The van der Waals surface area contributed by atoms with E-state index >= 15 is 0 Å². The molecule has 0 N–H and O–H groups in total. The number of rotatable bonds is 2. The van der Waals surface area contributed by atoms with Crippen LogP contribution in [0.5, 0.6) is 0 Å². The van der Waals surface area contributed by atoms with Crippen molar-refractivity contribution in [1.82, 2.24) is 0 Å². The van der Waals surface area contributed by atoms with Crippen LogP contribution in [0.15, 0.2) is 30.3 Å². The van der Waals surface area contributed by atoms with Crippen LogP contribution >= 0.6 is 0 Å². The Labute approximate surface area is 109 Å². The van der Waals surface area contributed by atoms with E-state index in [1.807, 2.05) is 0 Å². The Morgan fingerprint density at radius 1 is 0.944 bits per heavy atom. The molecule has 0 spiro atoms. The van der Waals surface area contributed by atoms with Gasteiger partial charge in [-0.25, -0.2) is 0 Å². The molecule has 0 bridgehead atoms. The summed E-state index contributed by atoms with van der Waals surface area (Å²) in [6.07, 6.45) is 1.14. The zero-order chi connectivity index (χ0) is 13.0. The summed E-state index contributed by atoms with van der Waals surface area (Å²) in [6.45, 7) is 8.47. The Morgan fingerprint density at radius 3 is 2.06 bits per heavy atom. The van der Waals surface area contributed by atoms with Gasteiger partial charge in [-0.3, -0.25) is 0 Å². The summed E-state index contributed by atoms with van der Waals surface area (Å²) in [7, 11) is 0. The maximum atomic E-state index is 6.12. The predicted octanol–water partition coefficient (Wildman–Crippen LogP) is 3.72. The van der Waals surface area contributed by atoms with Crippen molar-refractivity contribution < 1.29 is 9.47 Å². The van der Waals surface area contributed by atoms with Crippen molar-refractivity contribution in [2.45, 2.75) is 57.5 Å². The normalized spacial score (nSPS) is 33.6. The topological polar surface area (TPSA) is 18.5 Å². The SMILES string of the molecule is CC1(C)OC(C2CC2c2ccccc2)OC1(C)C. The molecule has 2 nitrogen and oxygen atoms in total. The fourth-order valence-corrected chi connectivity index (χ4v) is 2.66. The summed E-state index contributed by atoms with van der Waals surface area (Å²) in [5.74, 6) is 1.13. The third kappa shape index (κ3) is 1.88. The highest BCUT2D eigenvalue weighted by Gasteiger charge is 2.56. The molecular formula is C16H22O2. The summed E-state index contributed by atoms with van der Waals surface area (Å²) in [5, 5.41) is 0. The quantitative estimate of drug-likeness (QED) is 0.791. The van der Waals surface area contributed by atoms with Crippen molar-refractivity contribution in [2.75, 3.05) is 0 Å². The molecule has 18 heavy (non-hydrogen) atoms. The minimum absolute atomic E-state index is 0.0415. The van der Waals surface area contributed by atoms with E-state index < -0.39 is 0 Å². The van der Waals surface area contributed by atoms with E-state index in [4.69, 9.17) is 9.47 Å². The lowest BCUT2D eigenvalue weighted by Gasteiger charge is -2.30. The van der Waals surface area contributed by atoms with E-state index in [0.29, 0.717) is 11.8 Å². The van der Waals surface area contributed by atoms with E-state index in [-0.39, 0.29) is 17.5 Å². The molecule has 0 radical (unpaired) electrons. The summed E-state index contributed by atoms with van der Waals surface area (Å²) >= 11 is 0. The number of ether oxygens (including phenoxy) is 2. The van der Waals surface area contributed by atoms with Gasteiger partial charge >= 0.3 is 0 Å². The molecule has 2 fully saturated rings. The highest BCUT2D eigenvalue weighted by Crippen LogP contribution is 2.55. The summed E-state index contributed by atoms with van der Waals surface area (Å²) in [6, 6.07) is 10.7. The number of hydrogen-bond donors (Lipinski definition) is 0. The van der Waals surface area contributed by atoms with Gasteiger partial charge in [0, 0.05) is 5.92 Å². The van der Waals surface area contributed by atoms with Crippen LogP contribution in [-0.4, -0.2) is 17.5 Å². The molecule has 2 heteroatoms. The molecule has 1 saturated heterocycles. The molecule has 1 aliphatic heterocycles. The second-order valence-electron chi connectivity index (χ2n) is 6.54. The second-order valence-corrected chi connectivity index (χ2v) is 6.54. The summed E-state index contributed by atoms with van der Waals surface area (Å²) in [4.78, 5) is 0. The van der Waals surface area contributed by atoms with Gasteiger partial charge in [0.05, 0.1) is 11.2 Å². The van der Waals surface area contributed by atoms with Gasteiger partial charge in [0.25, 0.3) is 0 Å². The van der Waals surface area contributed by atoms with Crippen molar-refractivity contribution in [3.63, 3.8) is 0 Å². The van der Waals surface area contributed by atoms with Crippen molar-refractivity contribution in [2.24, 2.45) is 5.92 Å². The molecular weight excluding hydrogens is 224 g/mol. The Bertz CT molecular complexity index is 420. The van der Waals surface area contributed by atoms with Gasteiger partial charge in [0.15, 0.2) is 6.29 Å². The van der Waals surface area contributed by atoms with Crippen molar-refractivity contribution >= 4 is 0 Å². The standard InChI is InChI=1S/C16H22O2/c1-15(2)16(3,4)18-14(17-15)13-10-12(13)11-8-6-5-7-9-11/h5-9,12-14H,10H2,1-4H3. The molecule has 0 aromatic heterocycles. The lowest BCUT2D eigenvalue weighted by molar-refractivity contribution is -0.101. The monoisotopic (exact) mass is 246 g/mol. The van der Waals surface area contributed by atoms with Gasteiger partial charge in [-0.1, -0.05) is 30.3 Å². The Morgan fingerprint density at radius 2 is 1.50 bits per heavy atom. The number of benzene rings is 1. The smallest absolute Gasteiger partial charge is 0.162 e. The van der Waals surface area contributed by atoms with Gasteiger partial charge in [-0.05, 0) is 45.6 Å². The first-order valence-electron chi connectivity index (χ1n) is 6.81. The molecule has 2 unspecified atom stereocenters. The molecule has 3 rings (SSSR count). The predicted molar refractivity (Wildman–Crippen MR) is 71.4 cm³/mol. The van der Waals surface area contributed by atoms with E-state index in [1.54, 1.807) is 0 Å². The Balaban J connectivity index is 1.70. The molecule has 98 valence electrons. The minimum atomic E-state index is -0.207. The first-order valence-corrected chi connectivity index (χ1v) is 6.81. The number of hydrogen-bond acceptors (Lipinski definition) is 2. The summed E-state index contributed by atoms with van der Waals surface area (Å²) < 4.78 is 12.2. The van der Waals surface area contributed by atoms with Crippen molar-refractivity contribution in [3.8, 4) is 0 Å². The zero-order valence-electron chi connectivity index (χ0n) is 11.6. The van der Waals surface area contributed by atoms with Gasteiger partial charge in [-0.2, -0.15) is 0 Å². The van der Waals surface area contributed by atoms with Gasteiger partial charge in [0.1, 0.15) is 0 Å². The van der Waals surface area contributed by atoms with Gasteiger partial charge in [-0.15, -0.1) is 0 Å². The van der Waals surface area contributed by atoms with Crippen LogP contribution in [0.1, 0.15) is 45.6 Å². The van der Waals surface area contributed by atoms with Crippen LogP contribution in [0.4, 0.5) is 0 Å². The van der Waals surface area contributed by atoms with E-state index in [2.05, 4.69) is 58.0 Å². The first kappa shape index (κ1) is 12.2. The summed E-state index contributed by atoms with van der Waals surface area (Å²) in [5.41, 5.74) is 1.00. The molecule has 1 saturated carbocycles. The Kier molecular flexibility index (Phi) is 2.58. The molecule has 0 amide bonds. The lowest BCUT2D eigenvalue weighted by Crippen LogP contribution is -2.41. The molecule has 1 aliphatic carbocycles. The Hall–Kier alpha value is -0.860. The largest absolute Gasteiger partial charge is 0.343 e. The van der Waals surface area contributed by atoms with Crippen LogP contribution in [-0.2, 0) is 9.47 Å². The van der Waals surface area contributed by atoms with Crippen molar-refractivity contribution in [3.05, 3.63) is 35.9 Å². The van der Waals surface area contributed by atoms with Crippen LogP contribution < -0.4 is 0 Å². The molecule has 1 heterocycles. The van der Waals surface area contributed by atoms with Crippen LogP contribution in [0.25, 0.3) is 0 Å². The van der Waals surface area contributed by atoms with Gasteiger partial charge < -0.3 is 9.47 Å². The van der Waals surface area contributed by atoms with E-state index in [9.17, 15) is 0 Å². The minimum Gasteiger partial charge on any atom is -0.343 e. The zero-order valence-corrected chi connectivity index (χ0v) is 11.6. The third-order valence-corrected chi connectivity index (χ3v) is 4.69. The van der Waals surface area contributed by atoms with Crippen LogP contribution in [0, 0.1) is 5.92 Å². The lowest BCUT2D eigenvalue weighted by atomic mass is 9.90. The van der Waals surface area contributed by atoms with Crippen molar-refractivity contribution in [1.29, 1.82) is 0 Å². The molecule has 1 aromatic carbocycles. The van der Waals surface area contributed by atoms with E-state index in [1.165, 1.54) is 12.0 Å². The molecule has 2 atom stereocenters. The highest BCUT2D eigenvalue weighted by molar-refractivity contribution is 5.26. The maximum Gasteiger partial charge on any atom is 0.162 e. The average Bonchev–Trinajstić information content (AvgIpc) is 3.04. The average molecular weight is 246 g/mol. The van der Waals surface area contributed by atoms with Crippen LogP contribution in [0.2, 0.25) is 0 Å². The first-order chi connectivity index (χ1) is 8.41. The maximum absolute atomic E-state index is 6.12. The third-order valence-electron chi connectivity index (χ3n) is 4.69. The molecule has 2 aliphatic rings.